The van der Waals surface area contributed by atoms with E-state index >= 15 is 0 Å². The van der Waals surface area contributed by atoms with Gasteiger partial charge >= 0.3 is 0 Å². The number of aliphatic hydroxyl groups excluding tert-OH is 1. The fourth-order valence-electron chi connectivity index (χ4n) is 2.72. The third kappa shape index (κ3) is 3.13. The smallest absolute Gasteiger partial charge is 0.253 e. The van der Waals surface area contributed by atoms with E-state index in [4.69, 9.17) is 0 Å². The van der Waals surface area contributed by atoms with Gasteiger partial charge in [-0.1, -0.05) is 30.3 Å². The number of imidazole rings is 1. The molecule has 3 rings (SSSR count). The minimum atomic E-state index is -1.10. The van der Waals surface area contributed by atoms with Crippen LogP contribution in [0.3, 0.4) is 0 Å². The van der Waals surface area contributed by atoms with Crippen LogP contribution < -0.4 is 5.32 Å². The number of aromatic nitrogens is 2. The highest BCUT2D eigenvalue weighted by Crippen LogP contribution is 2.19. The molecule has 2 heterocycles. The van der Waals surface area contributed by atoms with Crippen molar-refractivity contribution >= 4 is 5.91 Å². The van der Waals surface area contributed by atoms with Crippen LogP contribution in [-0.2, 0) is 17.8 Å². The van der Waals surface area contributed by atoms with Gasteiger partial charge in [-0.15, -0.1) is 0 Å². The number of rotatable bonds is 4. The number of amides is 1. The summed E-state index contributed by atoms with van der Waals surface area (Å²) < 4.78 is 2.15. The predicted molar refractivity (Wildman–Crippen MR) is 78.4 cm³/mol. The minimum absolute atomic E-state index is 0.338. The summed E-state index contributed by atoms with van der Waals surface area (Å²) in [6.45, 7) is 1.52. The van der Waals surface area contributed by atoms with Crippen LogP contribution in [0.25, 0.3) is 0 Å². The Bertz CT molecular complexity index is 609. The molecule has 0 spiro atoms. The molecule has 2 N–H and O–H groups in total. The van der Waals surface area contributed by atoms with E-state index in [0.717, 1.165) is 25.2 Å². The monoisotopic (exact) mass is 285 g/mol. The van der Waals surface area contributed by atoms with E-state index < -0.39 is 6.10 Å². The number of aliphatic hydroxyl groups is 1. The first-order valence-electron chi connectivity index (χ1n) is 7.25. The van der Waals surface area contributed by atoms with Crippen LogP contribution in [0.1, 0.15) is 23.9 Å². The molecule has 1 aromatic carbocycles. The first-order chi connectivity index (χ1) is 10.2. The molecule has 0 saturated heterocycles. The molecule has 0 radical (unpaired) electrons. The summed E-state index contributed by atoms with van der Waals surface area (Å²) in [7, 11) is 0. The van der Waals surface area contributed by atoms with Crippen molar-refractivity contribution in [2.24, 2.45) is 5.92 Å². The normalized spacial score (nSPS) is 18.8. The van der Waals surface area contributed by atoms with E-state index in [9.17, 15) is 9.90 Å². The van der Waals surface area contributed by atoms with Gasteiger partial charge in [-0.05, 0) is 17.9 Å². The molecule has 0 unspecified atom stereocenters. The Labute approximate surface area is 123 Å². The molecule has 1 aliphatic heterocycles. The maximum absolute atomic E-state index is 12.0. The molecule has 0 aliphatic carbocycles. The zero-order chi connectivity index (χ0) is 14.7. The van der Waals surface area contributed by atoms with Crippen LogP contribution >= 0.6 is 0 Å². The fraction of sp³-hybridized carbons (Fsp3) is 0.375. The van der Waals surface area contributed by atoms with Crippen molar-refractivity contribution in [3.8, 4) is 0 Å². The van der Waals surface area contributed by atoms with Gasteiger partial charge in [0, 0.05) is 31.9 Å². The molecule has 0 bridgehead atoms. The van der Waals surface area contributed by atoms with Crippen LogP contribution in [-0.4, -0.2) is 27.1 Å². The number of aryl methyl sites for hydroxylation is 1. The second kappa shape index (κ2) is 6.10. The van der Waals surface area contributed by atoms with Crippen LogP contribution in [0.15, 0.2) is 42.7 Å². The molecule has 1 amide bonds. The Morgan fingerprint density at radius 3 is 3.05 bits per heavy atom. The number of carbonyl (C=O) groups excluding carboxylic acids is 1. The van der Waals surface area contributed by atoms with E-state index in [1.165, 1.54) is 0 Å². The average molecular weight is 285 g/mol. The number of nitrogens with one attached hydrogen (secondary N) is 1. The fourth-order valence-corrected chi connectivity index (χ4v) is 2.72. The highest BCUT2D eigenvalue weighted by Gasteiger charge is 2.22. The van der Waals surface area contributed by atoms with Gasteiger partial charge in [0.25, 0.3) is 5.91 Å². The lowest BCUT2D eigenvalue weighted by atomic mass is 9.97. The molecule has 0 saturated carbocycles. The van der Waals surface area contributed by atoms with Crippen molar-refractivity contribution in [2.45, 2.75) is 25.5 Å². The summed E-state index contributed by atoms with van der Waals surface area (Å²) in [4.78, 5) is 16.3. The summed E-state index contributed by atoms with van der Waals surface area (Å²) in [5, 5.41) is 12.9. The van der Waals surface area contributed by atoms with Crippen LogP contribution in [0.5, 0.6) is 0 Å². The van der Waals surface area contributed by atoms with Crippen molar-refractivity contribution in [3.63, 3.8) is 0 Å². The van der Waals surface area contributed by atoms with Gasteiger partial charge in [-0.2, -0.15) is 0 Å². The molecular weight excluding hydrogens is 266 g/mol. The summed E-state index contributed by atoms with van der Waals surface area (Å²) in [5.41, 5.74) is 0.620. The molecule has 110 valence electrons. The van der Waals surface area contributed by atoms with Gasteiger partial charge in [-0.3, -0.25) is 4.79 Å². The molecular formula is C16H19N3O2. The average Bonchev–Trinajstić information content (AvgIpc) is 3.00. The first-order valence-corrected chi connectivity index (χ1v) is 7.25. The Balaban J connectivity index is 1.53. The molecule has 0 fully saturated rings. The predicted octanol–water partition coefficient (Wildman–Crippen LogP) is 1.30. The highest BCUT2D eigenvalue weighted by molar-refractivity contribution is 5.81. The van der Waals surface area contributed by atoms with Gasteiger partial charge in [-0.25, -0.2) is 4.98 Å². The van der Waals surface area contributed by atoms with Gasteiger partial charge in [0.15, 0.2) is 6.10 Å². The third-order valence-corrected chi connectivity index (χ3v) is 3.98. The van der Waals surface area contributed by atoms with E-state index in [-0.39, 0.29) is 5.91 Å². The van der Waals surface area contributed by atoms with E-state index in [1.807, 2.05) is 30.6 Å². The Hall–Kier alpha value is -2.14. The molecule has 2 atom stereocenters. The van der Waals surface area contributed by atoms with Gasteiger partial charge in [0.05, 0.1) is 0 Å². The van der Waals surface area contributed by atoms with Crippen molar-refractivity contribution < 1.29 is 9.90 Å². The molecule has 1 aliphatic rings. The molecule has 21 heavy (non-hydrogen) atoms. The quantitative estimate of drug-likeness (QED) is 0.889. The summed E-state index contributed by atoms with van der Waals surface area (Å²) in [5.74, 6) is 1.12. The highest BCUT2D eigenvalue weighted by atomic mass is 16.3. The first kappa shape index (κ1) is 13.8. The lowest BCUT2D eigenvalue weighted by molar-refractivity contribution is -0.129. The number of carbonyl (C=O) groups is 1. The minimum Gasteiger partial charge on any atom is -0.378 e. The molecule has 1 aromatic heterocycles. The second-order valence-electron chi connectivity index (χ2n) is 5.45. The Morgan fingerprint density at radius 2 is 2.24 bits per heavy atom. The molecule has 5 nitrogen and oxygen atoms in total. The lowest BCUT2D eigenvalue weighted by Gasteiger charge is -2.24. The van der Waals surface area contributed by atoms with Crippen LogP contribution in [0.4, 0.5) is 0 Å². The number of fused-ring (bicyclic) bond motifs is 1. The molecule has 2 aromatic rings. The van der Waals surface area contributed by atoms with Gasteiger partial charge in [0.2, 0.25) is 0 Å². The van der Waals surface area contributed by atoms with Crippen LogP contribution in [0.2, 0.25) is 0 Å². The van der Waals surface area contributed by atoms with Gasteiger partial charge < -0.3 is 15.0 Å². The van der Waals surface area contributed by atoms with Crippen LogP contribution in [0, 0.1) is 5.92 Å². The molecule has 5 heteroatoms. The zero-order valence-electron chi connectivity index (χ0n) is 11.8. The summed E-state index contributed by atoms with van der Waals surface area (Å²) >= 11 is 0. The Morgan fingerprint density at radius 1 is 1.43 bits per heavy atom. The van der Waals surface area contributed by atoms with E-state index in [1.54, 1.807) is 12.1 Å². The standard InChI is InChI=1S/C16H19N3O2/c20-15(13-4-2-1-3-5-13)16(21)18-11-12-6-8-19-9-7-17-14(19)10-12/h1-5,7,9,12,15,20H,6,8,10-11H2,(H,18,21)/t12-,15+/m1/s1. The SMILES string of the molecule is O=C(NC[C@@H]1CCn2ccnc2C1)[C@@H](O)c1ccccc1. The summed E-state index contributed by atoms with van der Waals surface area (Å²) in [6, 6.07) is 8.99. The zero-order valence-corrected chi connectivity index (χ0v) is 11.8. The summed E-state index contributed by atoms with van der Waals surface area (Å²) in [6.07, 6.45) is 4.59. The Kier molecular flexibility index (Phi) is 4.01. The van der Waals surface area contributed by atoms with E-state index in [2.05, 4.69) is 14.9 Å². The third-order valence-electron chi connectivity index (χ3n) is 3.98. The number of nitrogens with zero attached hydrogens (tertiary/aromatic N) is 2. The van der Waals surface area contributed by atoms with Gasteiger partial charge in [0.1, 0.15) is 5.82 Å². The van der Waals surface area contributed by atoms with Crippen molar-refractivity contribution in [2.75, 3.05) is 6.54 Å². The maximum Gasteiger partial charge on any atom is 0.253 e. The number of hydrogen-bond acceptors (Lipinski definition) is 3. The number of benzene rings is 1. The number of hydrogen-bond donors (Lipinski definition) is 2. The lowest BCUT2D eigenvalue weighted by Crippen LogP contribution is -2.36. The maximum atomic E-state index is 12.0. The second-order valence-corrected chi connectivity index (χ2v) is 5.45. The largest absolute Gasteiger partial charge is 0.378 e. The van der Waals surface area contributed by atoms with E-state index in [0.29, 0.717) is 18.0 Å². The van der Waals surface area contributed by atoms with Crippen molar-refractivity contribution in [3.05, 3.63) is 54.1 Å². The van der Waals surface area contributed by atoms with Crippen molar-refractivity contribution in [1.29, 1.82) is 0 Å². The topological polar surface area (TPSA) is 67.2 Å². The van der Waals surface area contributed by atoms with Crippen molar-refractivity contribution in [1.82, 2.24) is 14.9 Å².